The maximum Gasteiger partial charge on any atom is 0.261 e. The molecule has 2 aromatic rings. The van der Waals surface area contributed by atoms with Gasteiger partial charge in [-0.25, -0.2) is 0 Å². The molecule has 0 aliphatic carbocycles. The molecule has 4 nitrogen and oxygen atoms in total. The van der Waals surface area contributed by atoms with E-state index in [4.69, 9.17) is 13.9 Å². The van der Waals surface area contributed by atoms with E-state index in [9.17, 15) is 4.79 Å². The van der Waals surface area contributed by atoms with Gasteiger partial charge in [-0.05, 0) is 40.2 Å². The van der Waals surface area contributed by atoms with Gasteiger partial charge in [0, 0.05) is 27.1 Å². The van der Waals surface area contributed by atoms with Crippen LogP contribution in [0.3, 0.4) is 0 Å². The van der Waals surface area contributed by atoms with Crippen LogP contribution in [0.25, 0.3) is 0 Å². The van der Waals surface area contributed by atoms with Crippen molar-refractivity contribution in [1.29, 1.82) is 0 Å². The van der Waals surface area contributed by atoms with E-state index in [1.165, 1.54) is 10.4 Å². The second-order valence-corrected chi connectivity index (χ2v) is 14.0. The summed E-state index contributed by atoms with van der Waals surface area (Å²) in [5.74, 6) is 0.240. The molecule has 2 rings (SSSR count). The van der Waals surface area contributed by atoms with Gasteiger partial charge in [0.2, 0.25) is 0 Å². The standard InChI is InChI=1S/C28H40O4Si/c1-22(24(19-18-23(2)29)20-27(30-6)31-7)21-32-33(28(3,4)5,25-14-10-8-11-15-25)26-16-12-9-13-17-26/h8-17,24,27H,1,18-21H2,2-7H3/t24-/m1/s1. The van der Waals surface area contributed by atoms with Crippen LogP contribution in [0, 0.1) is 5.92 Å². The Bertz CT molecular complexity index is 830. The fourth-order valence-corrected chi connectivity index (χ4v) is 9.02. The van der Waals surface area contributed by atoms with E-state index >= 15 is 0 Å². The summed E-state index contributed by atoms with van der Waals surface area (Å²) in [6.45, 7) is 13.3. The zero-order chi connectivity index (χ0) is 24.5. The Morgan fingerprint density at radius 2 is 1.42 bits per heavy atom. The van der Waals surface area contributed by atoms with Gasteiger partial charge in [-0.2, -0.15) is 0 Å². The van der Waals surface area contributed by atoms with Crippen LogP contribution in [0.5, 0.6) is 0 Å². The van der Waals surface area contributed by atoms with Crippen molar-refractivity contribution in [3.8, 4) is 0 Å². The molecule has 0 saturated heterocycles. The smallest absolute Gasteiger partial charge is 0.261 e. The minimum atomic E-state index is -2.65. The first-order valence-electron chi connectivity index (χ1n) is 11.6. The fourth-order valence-electron chi connectivity index (χ4n) is 4.47. The number of carbonyl (C=O) groups is 1. The summed E-state index contributed by atoms with van der Waals surface area (Å²) in [7, 11) is 0.624. The molecule has 1 atom stereocenters. The summed E-state index contributed by atoms with van der Waals surface area (Å²) in [5, 5.41) is 2.37. The summed E-state index contributed by atoms with van der Waals surface area (Å²) < 4.78 is 17.9. The number of methoxy groups -OCH3 is 2. The number of hydrogen-bond acceptors (Lipinski definition) is 4. The highest BCUT2D eigenvalue weighted by Gasteiger charge is 2.50. The van der Waals surface area contributed by atoms with Crippen molar-refractivity contribution in [2.45, 2.75) is 58.3 Å². The molecule has 5 heteroatoms. The molecular weight excluding hydrogens is 428 g/mol. The molecule has 0 radical (unpaired) electrons. The van der Waals surface area contributed by atoms with Crippen molar-refractivity contribution in [1.82, 2.24) is 0 Å². The predicted octanol–water partition coefficient (Wildman–Crippen LogP) is 5.11. The Morgan fingerprint density at radius 3 is 1.82 bits per heavy atom. The molecule has 0 fully saturated rings. The highest BCUT2D eigenvalue weighted by molar-refractivity contribution is 6.99. The first-order chi connectivity index (χ1) is 15.7. The molecule has 0 bridgehead atoms. The van der Waals surface area contributed by atoms with Crippen LogP contribution in [0.15, 0.2) is 72.8 Å². The van der Waals surface area contributed by atoms with Crippen molar-refractivity contribution in [3.05, 3.63) is 72.8 Å². The van der Waals surface area contributed by atoms with E-state index in [1.54, 1.807) is 21.1 Å². The van der Waals surface area contributed by atoms with Crippen molar-refractivity contribution in [2.75, 3.05) is 20.8 Å². The zero-order valence-corrected chi connectivity index (χ0v) is 22.1. The van der Waals surface area contributed by atoms with Crippen LogP contribution in [0.4, 0.5) is 0 Å². The van der Waals surface area contributed by atoms with Gasteiger partial charge in [-0.3, -0.25) is 0 Å². The largest absolute Gasteiger partial charge is 0.403 e. The molecule has 0 N–H and O–H groups in total. The zero-order valence-electron chi connectivity index (χ0n) is 21.1. The van der Waals surface area contributed by atoms with Crippen molar-refractivity contribution in [2.24, 2.45) is 5.92 Å². The lowest BCUT2D eigenvalue weighted by Gasteiger charge is -2.43. The lowest BCUT2D eigenvalue weighted by atomic mass is 9.91. The average molecular weight is 469 g/mol. The molecule has 0 aliphatic rings. The van der Waals surface area contributed by atoms with Crippen molar-refractivity contribution >= 4 is 24.5 Å². The Kier molecular flexibility index (Phi) is 10.2. The monoisotopic (exact) mass is 468 g/mol. The first kappa shape index (κ1) is 27.2. The summed E-state index contributed by atoms with van der Waals surface area (Å²) >= 11 is 0. The Balaban J connectivity index is 2.41. The van der Waals surface area contributed by atoms with Gasteiger partial charge in [-0.15, -0.1) is 0 Å². The minimum absolute atomic E-state index is 0.0667. The van der Waals surface area contributed by atoms with E-state index in [0.717, 1.165) is 5.57 Å². The van der Waals surface area contributed by atoms with Gasteiger partial charge >= 0.3 is 0 Å². The van der Waals surface area contributed by atoms with E-state index in [2.05, 4.69) is 75.9 Å². The lowest BCUT2D eigenvalue weighted by Crippen LogP contribution is -2.66. The van der Waals surface area contributed by atoms with Crippen LogP contribution >= 0.6 is 0 Å². The number of carbonyl (C=O) groups excluding carboxylic acids is 1. The number of ketones is 1. The van der Waals surface area contributed by atoms with Crippen LogP contribution < -0.4 is 10.4 Å². The highest BCUT2D eigenvalue weighted by atomic mass is 28.4. The van der Waals surface area contributed by atoms with Gasteiger partial charge < -0.3 is 18.7 Å². The third kappa shape index (κ3) is 6.97. The number of ether oxygens (including phenoxy) is 2. The van der Waals surface area contributed by atoms with Crippen LogP contribution in [-0.4, -0.2) is 41.2 Å². The third-order valence-electron chi connectivity index (χ3n) is 6.32. The maximum atomic E-state index is 11.7. The minimum Gasteiger partial charge on any atom is -0.403 e. The molecule has 180 valence electrons. The summed E-state index contributed by atoms with van der Waals surface area (Å²) in [5.41, 5.74) is 0.975. The van der Waals surface area contributed by atoms with Gasteiger partial charge in [-0.1, -0.05) is 88.0 Å². The summed E-state index contributed by atoms with van der Waals surface area (Å²) in [6.07, 6.45) is 1.51. The molecule has 0 heterocycles. The van der Waals surface area contributed by atoms with E-state index in [-0.39, 0.29) is 23.0 Å². The highest BCUT2D eigenvalue weighted by Crippen LogP contribution is 2.37. The Labute approximate surface area is 201 Å². The Hall–Kier alpha value is -2.05. The quantitative estimate of drug-likeness (QED) is 0.233. The summed E-state index contributed by atoms with van der Waals surface area (Å²) in [4.78, 5) is 11.7. The second kappa shape index (κ2) is 12.4. The Morgan fingerprint density at radius 1 is 0.939 bits per heavy atom. The van der Waals surface area contributed by atoms with Gasteiger partial charge in [0.1, 0.15) is 5.78 Å². The average Bonchev–Trinajstić information content (AvgIpc) is 2.80. The molecular formula is C28H40O4Si. The molecule has 0 aliphatic heterocycles. The van der Waals surface area contributed by atoms with Crippen molar-refractivity contribution in [3.63, 3.8) is 0 Å². The van der Waals surface area contributed by atoms with E-state index in [1.807, 2.05) is 12.1 Å². The SMILES string of the molecule is C=C(CO[Si](c1ccccc1)(c1ccccc1)C(C)(C)C)[C@H](CCC(C)=O)CC(OC)OC. The topological polar surface area (TPSA) is 44.8 Å². The normalized spacial score (nSPS) is 13.2. The molecule has 0 unspecified atom stereocenters. The van der Waals surface area contributed by atoms with Crippen LogP contribution in [0.1, 0.15) is 47.0 Å². The maximum absolute atomic E-state index is 11.7. The lowest BCUT2D eigenvalue weighted by molar-refractivity contribution is -0.119. The second-order valence-electron chi connectivity index (χ2n) is 9.68. The number of benzene rings is 2. The van der Waals surface area contributed by atoms with Crippen LogP contribution in [0.2, 0.25) is 5.04 Å². The van der Waals surface area contributed by atoms with Gasteiger partial charge in [0.05, 0.1) is 6.61 Å². The molecule has 0 saturated carbocycles. The van der Waals surface area contributed by atoms with E-state index in [0.29, 0.717) is 25.9 Å². The first-order valence-corrected chi connectivity index (χ1v) is 13.5. The van der Waals surface area contributed by atoms with Crippen molar-refractivity contribution < 1.29 is 18.7 Å². The van der Waals surface area contributed by atoms with Gasteiger partial charge in [0.15, 0.2) is 6.29 Å². The number of hydrogen-bond donors (Lipinski definition) is 0. The van der Waals surface area contributed by atoms with E-state index < -0.39 is 8.32 Å². The molecule has 0 aromatic heterocycles. The van der Waals surface area contributed by atoms with Crippen LogP contribution in [-0.2, 0) is 18.7 Å². The predicted molar refractivity (Wildman–Crippen MR) is 139 cm³/mol. The fraction of sp³-hybridized carbons (Fsp3) is 0.464. The molecule has 2 aromatic carbocycles. The summed E-state index contributed by atoms with van der Waals surface area (Å²) in [6, 6.07) is 21.2. The third-order valence-corrected chi connectivity index (χ3v) is 11.3. The number of Topliss-reactive ketones (excluding diaryl/α,β-unsaturated/α-hetero) is 1. The molecule has 33 heavy (non-hydrogen) atoms. The molecule has 0 amide bonds. The number of rotatable bonds is 13. The van der Waals surface area contributed by atoms with Gasteiger partial charge in [0.25, 0.3) is 8.32 Å². The molecule has 0 spiro atoms.